The number of anilines is 1. The third kappa shape index (κ3) is 4.84. The van der Waals surface area contributed by atoms with E-state index in [0.717, 1.165) is 16.5 Å². The second-order valence-corrected chi connectivity index (χ2v) is 9.79. The second-order valence-electron chi connectivity index (χ2n) is 7.64. The number of nitrogens with one attached hydrogen (secondary N) is 1. The highest BCUT2D eigenvalue weighted by atomic mass is 35.5. The van der Waals surface area contributed by atoms with E-state index in [9.17, 15) is 13.2 Å². The first-order valence-corrected chi connectivity index (χ1v) is 12.0. The van der Waals surface area contributed by atoms with E-state index in [0.29, 0.717) is 31.2 Å². The lowest BCUT2D eigenvalue weighted by Gasteiger charge is -2.37. The summed E-state index contributed by atoms with van der Waals surface area (Å²) in [6, 6.07) is 19.3. The Morgan fingerprint density at radius 2 is 1.65 bits per heavy atom. The van der Waals surface area contributed by atoms with Gasteiger partial charge >= 0.3 is 0 Å². The molecular weight excluding hydrogens is 434 g/mol. The molecule has 0 unspecified atom stereocenters. The highest BCUT2D eigenvalue weighted by Crippen LogP contribution is 2.22. The highest BCUT2D eigenvalue weighted by molar-refractivity contribution is 7.89. The van der Waals surface area contributed by atoms with E-state index in [1.807, 2.05) is 48.5 Å². The number of amides is 1. The Morgan fingerprint density at radius 3 is 2.35 bits per heavy atom. The van der Waals surface area contributed by atoms with Crippen LogP contribution < -0.4 is 9.62 Å². The van der Waals surface area contributed by atoms with Crippen molar-refractivity contribution in [2.24, 2.45) is 0 Å². The Hall–Kier alpha value is -2.61. The van der Waals surface area contributed by atoms with Gasteiger partial charge in [-0.15, -0.1) is 0 Å². The van der Waals surface area contributed by atoms with Crippen molar-refractivity contribution < 1.29 is 13.2 Å². The van der Waals surface area contributed by atoms with Crippen molar-refractivity contribution in [3.05, 3.63) is 71.8 Å². The first kappa shape index (κ1) is 21.6. The molecule has 1 saturated heterocycles. The number of piperazine rings is 1. The molecule has 31 heavy (non-hydrogen) atoms. The van der Waals surface area contributed by atoms with E-state index in [4.69, 9.17) is 11.6 Å². The quantitative estimate of drug-likeness (QED) is 0.636. The number of sulfonamides is 1. The van der Waals surface area contributed by atoms with Crippen molar-refractivity contribution in [2.75, 3.05) is 31.1 Å². The van der Waals surface area contributed by atoms with Crippen LogP contribution >= 0.6 is 11.6 Å². The van der Waals surface area contributed by atoms with Gasteiger partial charge in [-0.25, -0.2) is 8.42 Å². The highest BCUT2D eigenvalue weighted by Gasteiger charge is 2.28. The van der Waals surface area contributed by atoms with Gasteiger partial charge < -0.3 is 9.80 Å². The number of hydrogen-bond donors (Lipinski definition) is 1. The predicted octanol–water partition coefficient (Wildman–Crippen LogP) is 3.51. The maximum Gasteiger partial charge on any atom is 0.241 e. The summed E-state index contributed by atoms with van der Waals surface area (Å²) in [5.74, 6) is -0.227. The Balaban J connectivity index is 1.40. The molecule has 8 heteroatoms. The zero-order valence-corrected chi connectivity index (χ0v) is 18.7. The van der Waals surface area contributed by atoms with Crippen molar-refractivity contribution >= 4 is 44.0 Å². The lowest BCUT2D eigenvalue weighted by atomic mass is 10.1. The smallest absolute Gasteiger partial charge is 0.241 e. The van der Waals surface area contributed by atoms with Gasteiger partial charge in [-0.05, 0) is 48.0 Å². The minimum Gasteiger partial charge on any atom is -0.368 e. The minimum absolute atomic E-state index is 0.150. The standard InChI is InChI=1S/C23H24ClN3O3S/c1-17(25-31(29,30)22-10-9-18-5-2-3-6-19(18)15-22)23(28)27-13-11-26(12-14-27)21-8-4-7-20(24)16-21/h2-10,15-17,25H,11-14H2,1H3/t17-/m0/s1. The molecule has 1 fully saturated rings. The largest absolute Gasteiger partial charge is 0.368 e. The lowest BCUT2D eigenvalue weighted by molar-refractivity contribution is -0.132. The molecule has 0 saturated carbocycles. The molecule has 6 nitrogen and oxygen atoms in total. The molecule has 162 valence electrons. The van der Waals surface area contributed by atoms with E-state index in [-0.39, 0.29) is 10.8 Å². The van der Waals surface area contributed by atoms with Crippen LogP contribution in [0.25, 0.3) is 10.8 Å². The molecule has 1 aliphatic rings. The molecule has 1 N–H and O–H groups in total. The molecule has 4 rings (SSSR count). The van der Waals surface area contributed by atoms with E-state index < -0.39 is 16.1 Å². The molecule has 1 heterocycles. The van der Waals surface area contributed by atoms with E-state index in [2.05, 4.69) is 9.62 Å². The number of hydrogen-bond acceptors (Lipinski definition) is 4. The average molecular weight is 458 g/mol. The van der Waals surface area contributed by atoms with Gasteiger partial charge in [-0.1, -0.05) is 48.0 Å². The number of carbonyl (C=O) groups excluding carboxylic acids is 1. The van der Waals surface area contributed by atoms with Gasteiger partial charge in [0.2, 0.25) is 15.9 Å². The van der Waals surface area contributed by atoms with Gasteiger partial charge in [-0.2, -0.15) is 4.72 Å². The molecule has 1 atom stereocenters. The molecule has 0 aliphatic carbocycles. The fourth-order valence-electron chi connectivity index (χ4n) is 3.82. The third-order valence-corrected chi connectivity index (χ3v) is 7.27. The molecular formula is C23H24ClN3O3S. The van der Waals surface area contributed by atoms with Crippen molar-refractivity contribution in [1.29, 1.82) is 0 Å². The predicted molar refractivity (Wildman–Crippen MR) is 124 cm³/mol. The number of halogens is 1. The van der Waals surface area contributed by atoms with Crippen LogP contribution in [0.3, 0.4) is 0 Å². The Kier molecular flexibility index (Phi) is 6.18. The number of fused-ring (bicyclic) bond motifs is 1. The maximum atomic E-state index is 12.9. The summed E-state index contributed by atoms with van der Waals surface area (Å²) in [5.41, 5.74) is 1.02. The average Bonchev–Trinajstić information content (AvgIpc) is 2.78. The van der Waals surface area contributed by atoms with Gasteiger partial charge in [0.05, 0.1) is 10.9 Å². The molecule has 1 amide bonds. The van der Waals surface area contributed by atoms with E-state index in [1.165, 1.54) is 0 Å². The SMILES string of the molecule is C[C@H](NS(=O)(=O)c1ccc2ccccc2c1)C(=O)N1CCN(c2cccc(Cl)c2)CC1. The normalized spacial score (nSPS) is 15.8. The fraction of sp³-hybridized carbons (Fsp3) is 0.261. The maximum absolute atomic E-state index is 12.9. The van der Waals surface area contributed by atoms with Crippen molar-refractivity contribution in [1.82, 2.24) is 9.62 Å². The summed E-state index contributed by atoms with van der Waals surface area (Å²) in [7, 11) is -3.82. The van der Waals surface area contributed by atoms with Crippen molar-refractivity contribution in [3.8, 4) is 0 Å². The topological polar surface area (TPSA) is 69.7 Å². The summed E-state index contributed by atoms with van der Waals surface area (Å²) in [4.78, 5) is 16.9. The molecule has 1 aliphatic heterocycles. The van der Waals surface area contributed by atoms with Crippen LogP contribution in [0, 0.1) is 0 Å². The van der Waals surface area contributed by atoms with Crippen LogP contribution in [-0.2, 0) is 14.8 Å². The zero-order chi connectivity index (χ0) is 22.0. The monoisotopic (exact) mass is 457 g/mol. The molecule has 3 aromatic carbocycles. The van der Waals surface area contributed by atoms with Gasteiger partial charge in [0.25, 0.3) is 0 Å². The van der Waals surface area contributed by atoms with Crippen LogP contribution in [0.1, 0.15) is 6.92 Å². The van der Waals surface area contributed by atoms with Crippen LogP contribution in [0.2, 0.25) is 5.02 Å². The minimum atomic E-state index is -3.82. The van der Waals surface area contributed by atoms with Crippen LogP contribution in [0.15, 0.2) is 71.6 Å². The molecule has 3 aromatic rings. The second kappa shape index (κ2) is 8.86. The van der Waals surface area contributed by atoms with Crippen LogP contribution in [0.5, 0.6) is 0 Å². The van der Waals surface area contributed by atoms with Crippen LogP contribution in [0.4, 0.5) is 5.69 Å². The van der Waals surface area contributed by atoms with Gasteiger partial charge in [-0.3, -0.25) is 4.79 Å². The van der Waals surface area contributed by atoms with Gasteiger partial charge in [0.15, 0.2) is 0 Å². The summed E-state index contributed by atoms with van der Waals surface area (Å²) in [5, 5.41) is 2.47. The zero-order valence-electron chi connectivity index (χ0n) is 17.2. The molecule has 0 bridgehead atoms. The summed E-state index contributed by atoms with van der Waals surface area (Å²) < 4.78 is 28.2. The van der Waals surface area contributed by atoms with E-state index in [1.54, 1.807) is 30.0 Å². The first-order valence-electron chi connectivity index (χ1n) is 10.1. The Labute approximate surface area is 187 Å². The van der Waals surface area contributed by atoms with Crippen LogP contribution in [-0.4, -0.2) is 51.4 Å². The molecule has 0 radical (unpaired) electrons. The van der Waals surface area contributed by atoms with Gasteiger partial charge in [0, 0.05) is 36.9 Å². The summed E-state index contributed by atoms with van der Waals surface area (Å²) in [6.07, 6.45) is 0. The van der Waals surface area contributed by atoms with Crippen molar-refractivity contribution in [2.45, 2.75) is 17.9 Å². The fourth-order valence-corrected chi connectivity index (χ4v) is 5.23. The van der Waals surface area contributed by atoms with Crippen molar-refractivity contribution in [3.63, 3.8) is 0 Å². The summed E-state index contributed by atoms with van der Waals surface area (Å²) >= 11 is 6.07. The number of benzene rings is 3. The Bertz CT molecular complexity index is 1210. The third-order valence-electron chi connectivity index (χ3n) is 5.50. The van der Waals surface area contributed by atoms with Gasteiger partial charge in [0.1, 0.15) is 0 Å². The van der Waals surface area contributed by atoms with E-state index >= 15 is 0 Å². The number of carbonyl (C=O) groups is 1. The first-order chi connectivity index (χ1) is 14.8. The lowest BCUT2D eigenvalue weighted by Crippen LogP contribution is -2.54. The summed E-state index contributed by atoms with van der Waals surface area (Å²) in [6.45, 7) is 3.96. The number of rotatable bonds is 5. The molecule has 0 spiro atoms. The molecule has 0 aromatic heterocycles. The number of nitrogens with zero attached hydrogens (tertiary/aromatic N) is 2. The Morgan fingerprint density at radius 1 is 0.935 bits per heavy atom.